The van der Waals surface area contributed by atoms with Gasteiger partial charge in [-0.3, -0.25) is 0 Å². The third-order valence-corrected chi connectivity index (χ3v) is 2.46. The maximum atomic E-state index is 2.22. The van der Waals surface area contributed by atoms with E-state index in [4.69, 9.17) is 0 Å². The second-order valence-corrected chi connectivity index (χ2v) is 3.56. The Kier molecular flexibility index (Phi) is 2.40. The molecule has 2 aromatic rings. The third-order valence-electron chi connectivity index (χ3n) is 2.46. The quantitative estimate of drug-likeness (QED) is 0.673. The monoisotopic (exact) mass is 185 g/mol. The van der Waals surface area contributed by atoms with E-state index in [1.807, 2.05) is 0 Å². The molecule has 0 fully saturated rings. The van der Waals surface area contributed by atoms with Gasteiger partial charge in [0.05, 0.1) is 0 Å². The van der Waals surface area contributed by atoms with Crippen LogP contribution in [0.5, 0.6) is 0 Å². The summed E-state index contributed by atoms with van der Waals surface area (Å²) in [5.74, 6) is 0. The summed E-state index contributed by atoms with van der Waals surface area (Å²) in [6.07, 6.45) is 7.54. The Morgan fingerprint density at radius 3 is 2.93 bits per heavy atom. The van der Waals surface area contributed by atoms with Crippen molar-refractivity contribution in [3.05, 3.63) is 42.1 Å². The van der Waals surface area contributed by atoms with E-state index in [-0.39, 0.29) is 0 Å². The SMILES string of the molecule is CC/C=C\c1ccc2c(ccn2C)c1. The molecule has 1 heterocycles. The minimum absolute atomic E-state index is 1.09. The van der Waals surface area contributed by atoms with Crippen LogP contribution in [0.1, 0.15) is 18.9 Å². The van der Waals surface area contributed by atoms with Crippen molar-refractivity contribution in [2.24, 2.45) is 7.05 Å². The highest BCUT2D eigenvalue weighted by atomic mass is 14.9. The number of hydrogen-bond acceptors (Lipinski definition) is 0. The molecule has 0 aliphatic rings. The predicted octanol–water partition coefficient (Wildman–Crippen LogP) is 3.60. The largest absolute Gasteiger partial charge is 0.351 e. The van der Waals surface area contributed by atoms with Crippen molar-refractivity contribution in [1.29, 1.82) is 0 Å². The summed E-state index contributed by atoms with van der Waals surface area (Å²) in [4.78, 5) is 0. The summed E-state index contributed by atoms with van der Waals surface area (Å²) in [5, 5.41) is 1.31. The number of allylic oxidation sites excluding steroid dienone is 1. The second kappa shape index (κ2) is 3.70. The molecular formula is C13H15N. The van der Waals surface area contributed by atoms with Gasteiger partial charge in [-0.1, -0.05) is 25.1 Å². The lowest BCUT2D eigenvalue weighted by Gasteiger charge is -1.97. The molecular weight excluding hydrogens is 170 g/mol. The summed E-state index contributed by atoms with van der Waals surface area (Å²) in [7, 11) is 2.07. The van der Waals surface area contributed by atoms with Gasteiger partial charge in [0.25, 0.3) is 0 Å². The molecule has 0 unspecified atom stereocenters. The standard InChI is InChI=1S/C13H15N/c1-3-4-5-11-6-7-13-12(10-11)8-9-14(13)2/h4-10H,3H2,1-2H3/b5-4-. The van der Waals surface area contributed by atoms with Gasteiger partial charge in [-0.05, 0) is 30.2 Å². The molecule has 0 radical (unpaired) electrons. The maximum absolute atomic E-state index is 2.22. The fourth-order valence-electron chi connectivity index (χ4n) is 1.66. The van der Waals surface area contributed by atoms with Crippen LogP contribution in [0.25, 0.3) is 17.0 Å². The Hall–Kier alpha value is -1.50. The van der Waals surface area contributed by atoms with Crippen LogP contribution < -0.4 is 0 Å². The van der Waals surface area contributed by atoms with E-state index in [1.165, 1.54) is 16.5 Å². The summed E-state index contributed by atoms with van der Waals surface area (Å²) >= 11 is 0. The summed E-state index contributed by atoms with van der Waals surface area (Å²) < 4.78 is 2.14. The van der Waals surface area contributed by atoms with Crippen LogP contribution in [-0.4, -0.2) is 4.57 Å². The molecule has 1 aromatic heterocycles. The first-order valence-electron chi connectivity index (χ1n) is 5.03. The zero-order chi connectivity index (χ0) is 9.97. The number of rotatable bonds is 2. The average Bonchev–Trinajstić information content (AvgIpc) is 2.57. The van der Waals surface area contributed by atoms with Gasteiger partial charge in [0, 0.05) is 24.1 Å². The minimum Gasteiger partial charge on any atom is -0.351 e. The maximum Gasteiger partial charge on any atom is 0.0478 e. The lowest BCUT2D eigenvalue weighted by Crippen LogP contribution is -1.83. The molecule has 0 aliphatic heterocycles. The van der Waals surface area contributed by atoms with Crippen molar-refractivity contribution in [3.63, 3.8) is 0 Å². The molecule has 0 amide bonds. The van der Waals surface area contributed by atoms with Crippen LogP contribution in [0.4, 0.5) is 0 Å². The van der Waals surface area contributed by atoms with Gasteiger partial charge in [-0.2, -0.15) is 0 Å². The van der Waals surface area contributed by atoms with Crippen molar-refractivity contribution in [1.82, 2.24) is 4.57 Å². The van der Waals surface area contributed by atoms with Crippen LogP contribution >= 0.6 is 0 Å². The molecule has 14 heavy (non-hydrogen) atoms. The van der Waals surface area contributed by atoms with Crippen molar-refractivity contribution < 1.29 is 0 Å². The highest BCUT2D eigenvalue weighted by Gasteiger charge is 1.96. The minimum atomic E-state index is 1.09. The Morgan fingerprint density at radius 1 is 1.29 bits per heavy atom. The molecule has 1 heteroatoms. The van der Waals surface area contributed by atoms with E-state index < -0.39 is 0 Å². The van der Waals surface area contributed by atoms with Crippen molar-refractivity contribution >= 4 is 17.0 Å². The number of hydrogen-bond donors (Lipinski definition) is 0. The molecule has 72 valence electrons. The van der Waals surface area contributed by atoms with E-state index in [0.29, 0.717) is 0 Å². The first-order chi connectivity index (χ1) is 6.81. The van der Waals surface area contributed by atoms with Gasteiger partial charge in [0.1, 0.15) is 0 Å². The Bertz CT molecular complexity index is 463. The lowest BCUT2D eigenvalue weighted by atomic mass is 10.1. The first-order valence-corrected chi connectivity index (χ1v) is 5.03. The third kappa shape index (κ3) is 1.58. The summed E-state index contributed by atoms with van der Waals surface area (Å²) in [6.45, 7) is 2.15. The summed E-state index contributed by atoms with van der Waals surface area (Å²) in [6, 6.07) is 8.71. The fourth-order valence-corrected chi connectivity index (χ4v) is 1.66. The number of aryl methyl sites for hydroxylation is 1. The van der Waals surface area contributed by atoms with E-state index in [0.717, 1.165) is 6.42 Å². The fraction of sp³-hybridized carbons (Fsp3) is 0.231. The molecule has 0 saturated carbocycles. The molecule has 0 aliphatic carbocycles. The van der Waals surface area contributed by atoms with Crippen molar-refractivity contribution in [3.8, 4) is 0 Å². The van der Waals surface area contributed by atoms with Gasteiger partial charge < -0.3 is 4.57 Å². The highest BCUT2D eigenvalue weighted by Crippen LogP contribution is 2.17. The van der Waals surface area contributed by atoms with E-state index in [9.17, 15) is 0 Å². The Balaban J connectivity index is 2.47. The first kappa shape index (κ1) is 9.07. The average molecular weight is 185 g/mol. The molecule has 0 atom stereocenters. The van der Waals surface area contributed by atoms with E-state index >= 15 is 0 Å². The molecule has 0 spiro atoms. The van der Waals surface area contributed by atoms with Gasteiger partial charge >= 0.3 is 0 Å². The Labute approximate surface area is 84.7 Å². The van der Waals surface area contributed by atoms with Gasteiger partial charge in [0.2, 0.25) is 0 Å². The number of benzene rings is 1. The zero-order valence-corrected chi connectivity index (χ0v) is 8.70. The van der Waals surface area contributed by atoms with Crippen molar-refractivity contribution in [2.75, 3.05) is 0 Å². The van der Waals surface area contributed by atoms with Crippen LogP contribution in [0, 0.1) is 0 Å². The van der Waals surface area contributed by atoms with Crippen LogP contribution in [0.3, 0.4) is 0 Å². The molecule has 0 bridgehead atoms. The number of aromatic nitrogens is 1. The zero-order valence-electron chi connectivity index (χ0n) is 8.70. The second-order valence-electron chi connectivity index (χ2n) is 3.56. The predicted molar refractivity (Wildman–Crippen MR) is 62.2 cm³/mol. The van der Waals surface area contributed by atoms with Crippen molar-refractivity contribution in [2.45, 2.75) is 13.3 Å². The smallest absolute Gasteiger partial charge is 0.0478 e. The van der Waals surface area contributed by atoms with E-state index in [2.05, 4.69) is 61.2 Å². The molecule has 1 aromatic carbocycles. The van der Waals surface area contributed by atoms with Gasteiger partial charge in [-0.25, -0.2) is 0 Å². The topological polar surface area (TPSA) is 4.93 Å². The number of fused-ring (bicyclic) bond motifs is 1. The summed E-state index contributed by atoms with van der Waals surface area (Å²) in [5.41, 5.74) is 2.57. The normalized spacial score (nSPS) is 11.6. The molecule has 0 saturated heterocycles. The highest BCUT2D eigenvalue weighted by molar-refractivity contribution is 5.82. The van der Waals surface area contributed by atoms with Crippen LogP contribution in [0.15, 0.2) is 36.5 Å². The molecule has 0 N–H and O–H groups in total. The van der Waals surface area contributed by atoms with E-state index in [1.54, 1.807) is 0 Å². The van der Waals surface area contributed by atoms with Gasteiger partial charge in [-0.15, -0.1) is 0 Å². The van der Waals surface area contributed by atoms with Gasteiger partial charge in [0.15, 0.2) is 0 Å². The molecule has 1 nitrogen and oxygen atoms in total. The number of nitrogens with zero attached hydrogens (tertiary/aromatic N) is 1. The Morgan fingerprint density at radius 2 is 2.14 bits per heavy atom. The van der Waals surface area contributed by atoms with Crippen LogP contribution in [0.2, 0.25) is 0 Å². The lowest BCUT2D eigenvalue weighted by molar-refractivity contribution is 0.969. The molecule has 2 rings (SSSR count). The van der Waals surface area contributed by atoms with Crippen LogP contribution in [-0.2, 0) is 7.05 Å².